The SMILES string of the molecule is CC(=O)N[C@H]1[C@H](O[C@H]2[C@H](OC(C)=O)[C@@H](NC(C)=O)[C@H](O[C@H]3[C@H](OC(C)=O)[C@@H](NC(C)=O)[C@@H](OC(C)=O)O[C@@H]3COC(C)=O)O[C@@H]2COC(C)=O)O[C@H](COC(C)=O)[C@@H](OC(C)=O)[C@@H]1OC(C)=O. The predicted molar refractivity (Wildman–Crippen MR) is 212 cm³/mol. The van der Waals surface area contributed by atoms with Gasteiger partial charge in [0.1, 0.15) is 68.5 Å². The van der Waals surface area contributed by atoms with Crippen LogP contribution in [0.25, 0.3) is 0 Å². The Labute approximate surface area is 383 Å². The highest BCUT2D eigenvalue weighted by Gasteiger charge is 2.58. The van der Waals surface area contributed by atoms with E-state index in [0.29, 0.717) is 0 Å². The summed E-state index contributed by atoms with van der Waals surface area (Å²) in [5, 5.41) is 7.57. The molecular weight excluding hydrogens is 906 g/mol. The number of hydrogen-bond donors (Lipinski definition) is 3. The van der Waals surface area contributed by atoms with E-state index in [1.807, 2.05) is 0 Å². The molecule has 0 radical (unpaired) electrons. The molecule has 0 bridgehead atoms. The molecule has 15 atom stereocenters. The minimum atomic E-state index is -1.90. The van der Waals surface area contributed by atoms with Crippen molar-refractivity contribution in [3.63, 3.8) is 0 Å². The first-order valence-corrected chi connectivity index (χ1v) is 20.6. The number of amides is 3. The Kier molecular flexibility index (Phi) is 20.8. The maximum atomic E-state index is 13.0. The molecule has 67 heavy (non-hydrogen) atoms. The lowest BCUT2D eigenvalue weighted by Gasteiger charge is -2.51. The number of nitrogens with one attached hydrogen (secondary N) is 3. The number of carbonyl (C=O) groups excluding carboxylic acids is 11. The molecule has 3 rings (SSSR count). The molecule has 0 saturated carbocycles. The van der Waals surface area contributed by atoms with Gasteiger partial charge in [0, 0.05) is 76.2 Å². The normalized spacial score (nSPS) is 31.2. The topological polar surface area (TPSA) is 344 Å². The molecule has 3 N–H and O–H groups in total. The molecule has 3 fully saturated rings. The van der Waals surface area contributed by atoms with Gasteiger partial charge in [-0.15, -0.1) is 0 Å². The van der Waals surface area contributed by atoms with Gasteiger partial charge in [-0.2, -0.15) is 0 Å². The van der Waals surface area contributed by atoms with Crippen LogP contribution in [0.5, 0.6) is 0 Å². The molecule has 3 heterocycles. The Morgan fingerprint density at radius 1 is 0.328 bits per heavy atom. The summed E-state index contributed by atoms with van der Waals surface area (Å²) in [6, 6.07) is -4.82. The van der Waals surface area contributed by atoms with E-state index in [2.05, 4.69) is 16.0 Å². The summed E-state index contributed by atoms with van der Waals surface area (Å²) >= 11 is 0. The molecule has 3 saturated heterocycles. The second kappa shape index (κ2) is 25.2. The number of esters is 8. The van der Waals surface area contributed by atoms with Crippen LogP contribution in [0.3, 0.4) is 0 Å². The van der Waals surface area contributed by atoms with E-state index in [9.17, 15) is 52.7 Å². The van der Waals surface area contributed by atoms with Crippen molar-refractivity contribution in [1.29, 1.82) is 0 Å². The van der Waals surface area contributed by atoms with Crippen LogP contribution < -0.4 is 16.0 Å². The molecule has 0 spiro atoms. The van der Waals surface area contributed by atoms with Gasteiger partial charge in [0.15, 0.2) is 37.0 Å². The molecule has 0 unspecified atom stereocenters. The van der Waals surface area contributed by atoms with Gasteiger partial charge in [-0.1, -0.05) is 0 Å². The quantitative estimate of drug-likeness (QED) is 0.0938. The molecule has 0 aliphatic carbocycles. The number of carbonyl (C=O) groups is 11. The molecule has 3 aliphatic rings. The van der Waals surface area contributed by atoms with Gasteiger partial charge in [0.2, 0.25) is 24.0 Å². The highest BCUT2D eigenvalue weighted by molar-refractivity contribution is 5.75. The highest BCUT2D eigenvalue weighted by atomic mass is 16.8. The van der Waals surface area contributed by atoms with E-state index in [1.54, 1.807) is 0 Å². The summed E-state index contributed by atoms with van der Waals surface area (Å²) in [5.41, 5.74) is 0. The van der Waals surface area contributed by atoms with E-state index in [4.69, 9.17) is 61.6 Å². The molecule has 0 aromatic heterocycles. The van der Waals surface area contributed by atoms with Crippen LogP contribution in [0.15, 0.2) is 0 Å². The van der Waals surface area contributed by atoms with Crippen LogP contribution >= 0.6 is 0 Å². The van der Waals surface area contributed by atoms with E-state index in [-0.39, 0.29) is 0 Å². The van der Waals surface area contributed by atoms with Crippen molar-refractivity contribution in [3.8, 4) is 0 Å². The summed E-state index contributed by atoms with van der Waals surface area (Å²) in [7, 11) is 0. The van der Waals surface area contributed by atoms with Gasteiger partial charge in [-0.25, -0.2) is 0 Å². The number of ether oxygens (including phenoxy) is 13. The Balaban J connectivity index is 2.31. The van der Waals surface area contributed by atoms with Crippen molar-refractivity contribution in [2.75, 3.05) is 19.8 Å². The molecule has 0 aromatic carbocycles. The number of rotatable bonds is 18. The Hall–Kier alpha value is -6.03. The van der Waals surface area contributed by atoms with E-state index < -0.39 is 177 Å². The fraction of sp³-hybridized carbons (Fsp3) is 0.725. The maximum absolute atomic E-state index is 13.0. The van der Waals surface area contributed by atoms with Crippen molar-refractivity contribution in [1.82, 2.24) is 16.0 Å². The van der Waals surface area contributed by atoms with Gasteiger partial charge in [-0.3, -0.25) is 52.7 Å². The summed E-state index contributed by atoms with van der Waals surface area (Å²) in [6.07, 6.45) is -20.3. The average Bonchev–Trinajstić information content (AvgIpc) is 3.17. The first-order valence-electron chi connectivity index (χ1n) is 20.6. The Bertz CT molecular complexity index is 1860. The molecule has 3 amide bonds. The van der Waals surface area contributed by atoms with E-state index in [1.165, 1.54) is 0 Å². The highest BCUT2D eigenvalue weighted by Crippen LogP contribution is 2.36. The van der Waals surface area contributed by atoms with Gasteiger partial charge in [0.05, 0.1) is 0 Å². The van der Waals surface area contributed by atoms with E-state index in [0.717, 1.165) is 76.2 Å². The zero-order valence-electron chi connectivity index (χ0n) is 38.6. The van der Waals surface area contributed by atoms with Crippen LogP contribution in [0, 0.1) is 0 Å². The first kappa shape index (κ1) is 55.3. The lowest BCUT2D eigenvalue weighted by atomic mass is 9.93. The first-order chi connectivity index (χ1) is 31.3. The average molecular weight is 964 g/mol. The van der Waals surface area contributed by atoms with Crippen molar-refractivity contribution in [2.24, 2.45) is 0 Å². The van der Waals surface area contributed by atoms with Crippen molar-refractivity contribution >= 4 is 65.5 Å². The molecule has 0 aromatic rings. The van der Waals surface area contributed by atoms with Crippen LogP contribution in [-0.2, 0) is 114 Å². The van der Waals surface area contributed by atoms with Gasteiger partial charge in [-0.05, 0) is 0 Å². The van der Waals surface area contributed by atoms with Gasteiger partial charge >= 0.3 is 47.8 Å². The smallest absolute Gasteiger partial charge is 0.305 e. The van der Waals surface area contributed by atoms with Crippen molar-refractivity contribution in [3.05, 3.63) is 0 Å². The molecule has 27 heteroatoms. The lowest BCUT2D eigenvalue weighted by molar-refractivity contribution is -0.352. The second-order valence-corrected chi connectivity index (χ2v) is 15.3. The molecular formula is C40H57N3O24. The second-order valence-electron chi connectivity index (χ2n) is 15.3. The fourth-order valence-corrected chi connectivity index (χ4v) is 7.34. The third-order valence-corrected chi connectivity index (χ3v) is 9.47. The van der Waals surface area contributed by atoms with Crippen LogP contribution in [0.2, 0.25) is 0 Å². The zero-order valence-corrected chi connectivity index (χ0v) is 38.6. The minimum absolute atomic E-state index is 0.646. The van der Waals surface area contributed by atoms with Gasteiger partial charge < -0.3 is 77.5 Å². The molecule has 3 aliphatic heterocycles. The molecule has 27 nitrogen and oxygen atoms in total. The Morgan fingerprint density at radius 3 is 0.866 bits per heavy atom. The standard InChI is InChI=1S/C40H57N3O24/c1-15(44)41-29-36(60-23(9)52)33(27(13-56-19(5)48)63-38(29)62-25(11)54)66-40-31(43-17(3)46)37(61-24(10)53)34(28(65-40)14-57-20(6)49)67-39-30(42-16(2)45)35(59-22(8)51)32(58-21(7)50)26(64-39)12-55-18(4)47/h26-40H,12-14H2,1-11H3,(H,41,44)(H,42,45)(H,43,46)/t26-,27-,28-,29-,30-,31-,32-,33-,34-,35-,36-,37-,38+,39+,40+/m1/s1. The number of hydrogen-bond acceptors (Lipinski definition) is 24. The van der Waals surface area contributed by atoms with Crippen LogP contribution in [-0.4, -0.2) is 177 Å². The van der Waals surface area contributed by atoms with Crippen molar-refractivity contribution < 1.29 is 114 Å². The summed E-state index contributed by atoms with van der Waals surface area (Å²) < 4.78 is 74.9. The van der Waals surface area contributed by atoms with Crippen LogP contribution in [0.4, 0.5) is 0 Å². The van der Waals surface area contributed by atoms with E-state index >= 15 is 0 Å². The predicted octanol–water partition coefficient (Wildman–Crippen LogP) is -2.58. The molecule has 376 valence electrons. The van der Waals surface area contributed by atoms with Crippen LogP contribution in [0.1, 0.15) is 76.2 Å². The fourth-order valence-electron chi connectivity index (χ4n) is 7.34. The zero-order chi connectivity index (χ0) is 50.4. The monoisotopic (exact) mass is 963 g/mol. The maximum Gasteiger partial charge on any atom is 0.305 e. The third-order valence-electron chi connectivity index (χ3n) is 9.47. The minimum Gasteiger partial charge on any atom is -0.463 e. The van der Waals surface area contributed by atoms with Gasteiger partial charge in [0.25, 0.3) is 0 Å². The summed E-state index contributed by atoms with van der Waals surface area (Å²) in [4.78, 5) is 138. The third kappa shape index (κ3) is 17.0. The summed E-state index contributed by atoms with van der Waals surface area (Å²) in [6.45, 7) is 9.36. The summed E-state index contributed by atoms with van der Waals surface area (Å²) in [5.74, 6) is -9.50. The van der Waals surface area contributed by atoms with Crippen molar-refractivity contribution in [2.45, 2.75) is 168 Å². The largest absolute Gasteiger partial charge is 0.463 e. The Morgan fingerprint density at radius 2 is 0.582 bits per heavy atom. The lowest BCUT2D eigenvalue weighted by Crippen LogP contribution is -2.72.